The summed E-state index contributed by atoms with van der Waals surface area (Å²) in [6.45, 7) is 9.20. The second kappa shape index (κ2) is 4.64. The predicted octanol–water partition coefficient (Wildman–Crippen LogP) is 4.19. The maximum atomic E-state index is 2.48. The topological polar surface area (TPSA) is 0 Å². The van der Waals surface area contributed by atoms with Gasteiger partial charge in [0.2, 0.25) is 0 Å². The highest BCUT2D eigenvalue weighted by molar-refractivity contribution is 5.23. The van der Waals surface area contributed by atoms with Crippen molar-refractivity contribution >= 4 is 0 Å². The average Bonchev–Trinajstić information content (AvgIpc) is 2.28. The van der Waals surface area contributed by atoms with Crippen LogP contribution in [0.1, 0.15) is 40.5 Å². The molecule has 0 spiro atoms. The molecule has 0 amide bonds. The fourth-order valence-electron chi connectivity index (χ4n) is 1.80. The van der Waals surface area contributed by atoms with Crippen molar-refractivity contribution in [2.24, 2.45) is 17.8 Å². The quantitative estimate of drug-likeness (QED) is 0.594. The Kier molecular flexibility index (Phi) is 3.77. The van der Waals surface area contributed by atoms with E-state index in [0.717, 1.165) is 11.8 Å². The molecule has 0 aromatic rings. The van der Waals surface area contributed by atoms with Gasteiger partial charge in [-0.25, -0.2) is 0 Å². The summed E-state index contributed by atoms with van der Waals surface area (Å²) in [5.41, 5.74) is 1.52. The molecule has 0 saturated heterocycles. The predicted molar refractivity (Wildman–Crippen MR) is 59.6 cm³/mol. The summed E-state index contributed by atoms with van der Waals surface area (Å²) in [7, 11) is 0. The van der Waals surface area contributed by atoms with Gasteiger partial charge in [-0.3, -0.25) is 0 Å². The summed E-state index contributed by atoms with van der Waals surface area (Å²) in [5.74, 6) is 2.25. The van der Waals surface area contributed by atoms with Crippen molar-refractivity contribution in [2.75, 3.05) is 0 Å². The fraction of sp³-hybridized carbons (Fsp3) is 0.692. The molecule has 0 N–H and O–H groups in total. The van der Waals surface area contributed by atoms with Crippen molar-refractivity contribution in [1.29, 1.82) is 0 Å². The van der Waals surface area contributed by atoms with Gasteiger partial charge in [0.15, 0.2) is 0 Å². The highest BCUT2D eigenvalue weighted by atomic mass is 14.2. The van der Waals surface area contributed by atoms with Gasteiger partial charge in [0.1, 0.15) is 0 Å². The Morgan fingerprint density at radius 1 is 1.23 bits per heavy atom. The molecule has 0 aliphatic heterocycles. The van der Waals surface area contributed by atoms with Crippen LogP contribution in [0, 0.1) is 17.8 Å². The Labute approximate surface area is 82.7 Å². The smallest absolute Gasteiger partial charge is 0.0202 e. The van der Waals surface area contributed by atoms with Crippen molar-refractivity contribution in [1.82, 2.24) is 0 Å². The molecule has 0 nitrogen and oxygen atoms in total. The first-order valence-electron chi connectivity index (χ1n) is 5.49. The molecule has 0 bridgehead atoms. The largest absolute Gasteiger partial charge is 0.0842 e. The number of allylic oxidation sites excluding steroid dienone is 4. The van der Waals surface area contributed by atoms with Crippen molar-refractivity contribution in [3.05, 3.63) is 23.8 Å². The maximum Gasteiger partial charge on any atom is -0.0202 e. The van der Waals surface area contributed by atoms with E-state index < -0.39 is 0 Å². The van der Waals surface area contributed by atoms with E-state index in [9.17, 15) is 0 Å². The Hall–Kier alpha value is -0.520. The molecule has 1 aliphatic carbocycles. The SMILES string of the molecule is CC(C)C1=CC(C(C)C)CCC=C1. The molecular formula is C13H22. The number of rotatable bonds is 2. The molecule has 13 heavy (non-hydrogen) atoms. The maximum absolute atomic E-state index is 2.48. The first-order chi connectivity index (χ1) is 6.11. The lowest BCUT2D eigenvalue weighted by atomic mass is 9.89. The van der Waals surface area contributed by atoms with Gasteiger partial charge in [-0.05, 0) is 36.2 Å². The molecule has 0 aromatic heterocycles. The van der Waals surface area contributed by atoms with E-state index in [2.05, 4.69) is 45.9 Å². The van der Waals surface area contributed by atoms with Gasteiger partial charge in [-0.1, -0.05) is 45.9 Å². The highest BCUT2D eigenvalue weighted by Gasteiger charge is 2.13. The van der Waals surface area contributed by atoms with E-state index in [4.69, 9.17) is 0 Å². The lowest BCUT2D eigenvalue weighted by molar-refractivity contribution is 0.438. The van der Waals surface area contributed by atoms with Gasteiger partial charge in [-0.15, -0.1) is 0 Å². The Morgan fingerprint density at radius 2 is 1.92 bits per heavy atom. The second-order valence-corrected chi connectivity index (χ2v) is 4.71. The number of hydrogen-bond donors (Lipinski definition) is 0. The first kappa shape index (κ1) is 10.6. The minimum Gasteiger partial charge on any atom is -0.0842 e. The van der Waals surface area contributed by atoms with Crippen LogP contribution in [0.25, 0.3) is 0 Å². The van der Waals surface area contributed by atoms with E-state index in [0.29, 0.717) is 5.92 Å². The minimum absolute atomic E-state index is 0.676. The monoisotopic (exact) mass is 178 g/mol. The van der Waals surface area contributed by atoms with Crippen molar-refractivity contribution < 1.29 is 0 Å². The van der Waals surface area contributed by atoms with Gasteiger partial charge >= 0.3 is 0 Å². The molecule has 1 rings (SSSR count). The Balaban J connectivity index is 2.76. The van der Waals surface area contributed by atoms with Crippen molar-refractivity contribution in [2.45, 2.75) is 40.5 Å². The Bertz CT molecular complexity index is 206. The van der Waals surface area contributed by atoms with E-state index >= 15 is 0 Å². The van der Waals surface area contributed by atoms with Crippen LogP contribution in [-0.2, 0) is 0 Å². The third-order valence-corrected chi connectivity index (χ3v) is 2.91. The standard InChI is InChI=1S/C13H22/c1-10(2)12-7-5-6-8-13(9-12)11(3)4/h5,7,9-11,13H,6,8H2,1-4H3. The van der Waals surface area contributed by atoms with Gasteiger partial charge in [0.25, 0.3) is 0 Å². The fourth-order valence-corrected chi connectivity index (χ4v) is 1.80. The average molecular weight is 178 g/mol. The van der Waals surface area contributed by atoms with Crippen LogP contribution in [0.2, 0.25) is 0 Å². The van der Waals surface area contributed by atoms with Crippen LogP contribution in [0.4, 0.5) is 0 Å². The van der Waals surface area contributed by atoms with Crippen LogP contribution in [0.5, 0.6) is 0 Å². The molecule has 1 unspecified atom stereocenters. The summed E-state index contributed by atoms with van der Waals surface area (Å²) in [6.07, 6.45) is 9.69. The van der Waals surface area contributed by atoms with Crippen molar-refractivity contribution in [3.63, 3.8) is 0 Å². The van der Waals surface area contributed by atoms with Gasteiger partial charge in [0, 0.05) is 0 Å². The van der Waals surface area contributed by atoms with Crippen LogP contribution < -0.4 is 0 Å². The second-order valence-electron chi connectivity index (χ2n) is 4.71. The zero-order valence-corrected chi connectivity index (χ0v) is 9.38. The molecule has 74 valence electrons. The minimum atomic E-state index is 0.676. The molecule has 0 heteroatoms. The molecule has 1 atom stereocenters. The van der Waals surface area contributed by atoms with Gasteiger partial charge < -0.3 is 0 Å². The van der Waals surface area contributed by atoms with E-state index in [1.54, 1.807) is 0 Å². The van der Waals surface area contributed by atoms with E-state index in [-0.39, 0.29) is 0 Å². The van der Waals surface area contributed by atoms with E-state index in [1.165, 1.54) is 18.4 Å². The van der Waals surface area contributed by atoms with E-state index in [1.807, 2.05) is 0 Å². The normalized spacial score (nSPS) is 23.5. The summed E-state index contributed by atoms with van der Waals surface area (Å²) >= 11 is 0. The molecule has 0 fully saturated rings. The molecule has 0 heterocycles. The summed E-state index contributed by atoms with van der Waals surface area (Å²) in [6, 6.07) is 0. The molecule has 1 aliphatic rings. The first-order valence-corrected chi connectivity index (χ1v) is 5.49. The van der Waals surface area contributed by atoms with Crippen LogP contribution >= 0.6 is 0 Å². The molecule has 0 aromatic carbocycles. The number of hydrogen-bond acceptors (Lipinski definition) is 0. The molecular weight excluding hydrogens is 156 g/mol. The highest BCUT2D eigenvalue weighted by Crippen LogP contribution is 2.26. The third-order valence-electron chi connectivity index (χ3n) is 2.91. The molecule has 0 radical (unpaired) electrons. The summed E-state index contributed by atoms with van der Waals surface area (Å²) in [5, 5.41) is 0. The lowest BCUT2D eigenvalue weighted by Gasteiger charge is -2.16. The van der Waals surface area contributed by atoms with Crippen LogP contribution in [0.3, 0.4) is 0 Å². The Morgan fingerprint density at radius 3 is 2.46 bits per heavy atom. The zero-order valence-electron chi connectivity index (χ0n) is 9.38. The molecule has 0 saturated carbocycles. The van der Waals surface area contributed by atoms with Crippen molar-refractivity contribution in [3.8, 4) is 0 Å². The third kappa shape index (κ3) is 3.02. The van der Waals surface area contributed by atoms with Gasteiger partial charge in [-0.2, -0.15) is 0 Å². The zero-order chi connectivity index (χ0) is 9.84. The summed E-state index contributed by atoms with van der Waals surface area (Å²) in [4.78, 5) is 0. The van der Waals surface area contributed by atoms with Crippen LogP contribution in [0.15, 0.2) is 23.8 Å². The van der Waals surface area contributed by atoms with Crippen LogP contribution in [-0.4, -0.2) is 0 Å². The summed E-state index contributed by atoms with van der Waals surface area (Å²) < 4.78 is 0. The lowest BCUT2D eigenvalue weighted by Crippen LogP contribution is -2.06. The van der Waals surface area contributed by atoms with Gasteiger partial charge in [0.05, 0.1) is 0 Å².